The van der Waals surface area contributed by atoms with Crippen molar-refractivity contribution in [2.75, 3.05) is 0 Å². The van der Waals surface area contributed by atoms with Crippen LogP contribution in [0.1, 0.15) is 11.1 Å². The zero-order chi connectivity index (χ0) is 11.1. The predicted molar refractivity (Wildman–Crippen MR) is 65.3 cm³/mol. The normalized spacial score (nSPS) is 11.4. The van der Waals surface area contributed by atoms with Crippen LogP contribution in [-0.4, -0.2) is 9.38 Å². The molecule has 0 unspecified atom stereocenters. The Hall–Kier alpha value is -1.87. The third-order valence-corrected chi connectivity index (χ3v) is 3.00. The molecule has 1 aromatic carbocycles. The molecule has 3 heteroatoms. The van der Waals surface area contributed by atoms with Gasteiger partial charge in [-0.3, -0.25) is 4.40 Å². The SMILES string of the molecule is Cc1cc2nccn2c2cc(CN)ccc12. The van der Waals surface area contributed by atoms with Crippen LogP contribution in [-0.2, 0) is 6.54 Å². The van der Waals surface area contributed by atoms with Gasteiger partial charge in [0.05, 0.1) is 5.52 Å². The van der Waals surface area contributed by atoms with Crippen LogP contribution in [0.2, 0.25) is 0 Å². The second-order valence-corrected chi connectivity index (χ2v) is 4.04. The Balaban J connectivity index is 2.52. The van der Waals surface area contributed by atoms with E-state index in [1.165, 1.54) is 16.5 Å². The number of rotatable bonds is 1. The number of benzene rings is 1. The lowest BCUT2D eigenvalue weighted by Crippen LogP contribution is -1.97. The van der Waals surface area contributed by atoms with Crippen LogP contribution in [0.15, 0.2) is 36.7 Å². The standard InChI is InChI=1S/C13H13N3/c1-9-6-13-15-4-5-16(13)12-7-10(8-14)2-3-11(9)12/h2-7H,8,14H2,1H3. The fourth-order valence-electron chi connectivity index (χ4n) is 2.13. The van der Waals surface area contributed by atoms with Crippen molar-refractivity contribution in [2.45, 2.75) is 13.5 Å². The summed E-state index contributed by atoms with van der Waals surface area (Å²) in [6.45, 7) is 2.68. The van der Waals surface area contributed by atoms with Crippen LogP contribution in [0, 0.1) is 6.92 Å². The first-order valence-corrected chi connectivity index (χ1v) is 5.35. The molecule has 0 aliphatic heterocycles. The summed E-state index contributed by atoms with van der Waals surface area (Å²) in [5.74, 6) is 0. The van der Waals surface area contributed by atoms with Crippen molar-refractivity contribution in [3.8, 4) is 0 Å². The molecule has 0 aliphatic carbocycles. The Labute approximate surface area is 93.5 Å². The number of fused-ring (bicyclic) bond motifs is 3. The maximum atomic E-state index is 5.67. The van der Waals surface area contributed by atoms with E-state index in [1.807, 2.05) is 12.4 Å². The largest absolute Gasteiger partial charge is 0.326 e. The Morgan fingerprint density at radius 3 is 3.00 bits per heavy atom. The van der Waals surface area contributed by atoms with Gasteiger partial charge in [-0.1, -0.05) is 12.1 Å². The van der Waals surface area contributed by atoms with Crippen LogP contribution in [0.4, 0.5) is 0 Å². The van der Waals surface area contributed by atoms with E-state index in [-0.39, 0.29) is 0 Å². The molecule has 0 amide bonds. The highest BCUT2D eigenvalue weighted by atomic mass is 15.0. The third-order valence-electron chi connectivity index (χ3n) is 3.00. The summed E-state index contributed by atoms with van der Waals surface area (Å²) >= 11 is 0. The number of imidazole rings is 1. The van der Waals surface area contributed by atoms with Crippen molar-refractivity contribution in [1.82, 2.24) is 9.38 Å². The van der Waals surface area contributed by atoms with Crippen molar-refractivity contribution < 1.29 is 0 Å². The van der Waals surface area contributed by atoms with E-state index in [1.54, 1.807) is 0 Å². The summed E-state index contributed by atoms with van der Waals surface area (Å²) in [4.78, 5) is 4.32. The molecule has 0 spiro atoms. The zero-order valence-electron chi connectivity index (χ0n) is 9.14. The number of pyridine rings is 1. The highest BCUT2D eigenvalue weighted by Gasteiger charge is 2.04. The number of hydrogen-bond acceptors (Lipinski definition) is 2. The van der Waals surface area contributed by atoms with Gasteiger partial charge >= 0.3 is 0 Å². The molecular formula is C13H13N3. The van der Waals surface area contributed by atoms with E-state index in [2.05, 4.69) is 40.6 Å². The molecule has 2 N–H and O–H groups in total. The lowest BCUT2D eigenvalue weighted by molar-refractivity contribution is 1.07. The highest BCUT2D eigenvalue weighted by Crippen LogP contribution is 2.21. The fraction of sp³-hybridized carbons (Fsp3) is 0.154. The van der Waals surface area contributed by atoms with Gasteiger partial charge in [-0.05, 0) is 30.2 Å². The van der Waals surface area contributed by atoms with Gasteiger partial charge in [0.2, 0.25) is 0 Å². The zero-order valence-corrected chi connectivity index (χ0v) is 9.14. The lowest BCUT2D eigenvalue weighted by atomic mass is 10.1. The molecule has 0 saturated heterocycles. The summed E-state index contributed by atoms with van der Waals surface area (Å²) in [5, 5.41) is 1.25. The summed E-state index contributed by atoms with van der Waals surface area (Å²) in [7, 11) is 0. The predicted octanol–water partition coefficient (Wildman–Crippen LogP) is 2.25. The van der Waals surface area contributed by atoms with Crippen LogP contribution in [0.25, 0.3) is 16.6 Å². The summed E-state index contributed by atoms with van der Waals surface area (Å²) in [6.07, 6.45) is 3.81. The van der Waals surface area contributed by atoms with Gasteiger partial charge in [0.15, 0.2) is 0 Å². The number of aromatic nitrogens is 2. The minimum absolute atomic E-state index is 0.570. The second kappa shape index (κ2) is 3.32. The summed E-state index contributed by atoms with van der Waals surface area (Å²) in [6, 6.07) is 8.45. The quantitative estimate of drug-likeness (QED) is 0.671. The van der Waals surface area contributed by atoms with Gasteiger partial charge < -0.3 is 5.73 Å². The second-order valence-electron chi connectivity index (χ2n) is 4.04. The molecule has 0 bridgehead atoms. The third kappa shape index (κ3) is 1.22. The van der Waals surface area contributed by atoms with Gasteiger partial charge in [-0.15, -0.1) is 0 Å². The summed E-state index contributed by atoms with van der Waals surface area (Å²) in [5.41, 5.74) is 10.2. The van der Waals surface area contributed by atoms with E-state index < -0.39 is 0 Å². The Morgan fingerprint density at radius 1 is 1.31 bits per heavy atom. The van der Waals surface area contributed by atoms with Gasteiger partial charge in [-0.25, -0.2) is 4.98 Å². The molecule has 0 atom stereocenters. The topological polar surface area (TPSA) is 43.3 Å². The smallest absolute Gasteiger partial charge is 0.137 e. The Morgan fingerprint density at radius 2 is 2.19 bits per heavy atom. The van der Waals surface area contributed by atoms with Crippen molar-refractivity contribution in [3.63, 3.8) is 0 Å². The first-order chi connectivity index (χ1) is 7.79. The average molecular weight is 211 g/mol. The molecule has 0 radical (unpaired) electrons. The van der Waals surface area contributed by atoms with E-state index >= 15 is 0 Å². The molecule has 16 heavy (non-hydrogen) atoms. The van der Waals surface area contributed by atoms with Crippen molar-refractivity contribution in [1.29, 1.82) is 0 Å². The molecule has 80 valence electrons. The van der Waals surface area contributed by atoms with Crippen molar-refractivity contribution in [2.24, 2.45) is 5.73 Å². The molecule has 3 nitrogen and oxygen atoms in total. The number of nitrogens with two attached hydrogens (primary N) is 1. The van der Waals surface area contributed by atoms with E-state index in [9.17, 15) is 0 Å². The average Bonchev–Trinajstić information content (AvgIpc) is 2.76. The van der Waals surface area contributed by atoms with Crippen molar-refractivity contribution >= 4 is 16.6 Å². The van der Waals surface area contributed by atoms with Gasteiger partial charge in [0.1, 0.15) is 5.65 Å². The van der Waals surface area contributed by atoms with Crippen LogP contribution in [0.3, 0.4) is 0 Å². The maximum absolute atomic E-state index is 5.67. The minimum Gasteiger partial charge on any atom is -0.326 e. The molecule has 0 saturated carbocycles. The molecule has 3 aromatic rings. The number of nitrogens with zero attached hydrogens (tertiary/aromatic N) is 2. The fourth-order valence-corrected chi connectivity index (χ4v) is 2.13. The van der Waals surface area contributed by atoms with E-state index in [0.717, 1.165) is 11.2 Å². The molecule has 0 fully saturated rings. The molecule has 2 aromatic heterocycles. The van der Waals surface area contributed by atoms with Gasteiger partial charge in [0, 0.05) is 24.3 Å². The number of hydrogen-bond donors (Lipinski definition) is 1. The molecule has 3 rings (SSSR count). The first-order valence-electron chi connectivity index (χ1n) is 5.35. The molecule has 2 heterocycles. The van der Waals surface area contributed by atoms with Crippen LogP contribution >= 0.6 is 0 Å². The monoisotopic (exact) mass is 211 g/mol. The van der Waals surface area contributed by atoms with Gasteiger partial charge in [-0.2, -0.15) is 0 Å². The number of aryl methyl sites for hydroxylation is 1. The van der Waals surface area contributed by atoms with Gasteiger partial charge in [0.25, 0.3) is 0 Å². The lowest BCUT2D eigenvalue weighted by Gasteiger charge is -2.07. The van der Waals surface area contributed by atoms with E-state index in [4.69, 9.17) is 5.73 Å². The molecule has 0 aliphatic rings. The highest BCUT2D eigenvalue weighted by molar-refractivity contribution is 5.86. The Kier molecular flexibility index (Phi) is 1.94. The maximum Gasteiger partial charge on any atom is 0.137 e. The van der Waals surface area contributed by atoms with E-state index in [0.29, 0.717) is 6.54 Å². The Bertz CT molecular complexity index is 667. The minimum atomic E-state index is 0.570. The van der Waals surface area contributed by atoms with Crippen LogP contribution in [0.5, 0.6) is 0 Å². The van der Waals surface area contributed by atoms with Crippen molar-refractivity contribution in [3.05, 3.63) is 47.8 Å². The van der Waals surface area contributed by atoms with Crippen LogP contribution < -0.4 is 5.73 Å². The first kappa shape index (κ1) is 9.36. The summed E-state index contributed by atoms with van der Waals surface area (Å²) < 4.78 is 2.10. The molecular weight excluding hydrogens is 198 g/mol.